The number of carbonyl (C=O) groups is 2. The first-order chi connectivity index (χ1) is 13.8. The molecule has 0 bridgehead atoms. The third kappa shape index (κ3) is 3.27. The van der Waals surface area contributed by atoms with Gasteiger partial charge < -0.3 is 19.6 Å². The van der Waals surface area contributed by atoms with Crippen LogP contribution < -0.4 is 15.7 Å². The maximum absolute atomic E-state index is 13.1. The number of nitrogens with one attached hydrogen (secondary N) is 1. The molecule has 4 rings (SSSR count). The number of benzene rings is 2. The Morgan fingerprint density at radius 3 is 2.41 bits per heavy atom. The predicted molar refractivity (Wildman–Crippen MR) is 107 cm³/mol. The molecule has 1 aliphatic heterocycles. The van der Waals surface area contributed by atoms with E-state index in [2.05, 4.69) is 5.32 Å². The molecular weight excluding hydrogens is 374 g/mol. The highest BCUT2D eigenvalue weighted by Gasteiger charge is 2.40. The second-order valence-electron chi connectivity index (χ2n) is 7.14. The van der Waals surface area contributed by atoms with Gasteiger partial charge in [-0.15, -0.1) is 0 Å². The van der Waals surface area contributed by atoms with Crippen molar-refractivity contribution in [2.45, 2.75) is 19.4 Å². The third-order valence-electron chi connectivity index (χ3n) is 4.69. The Morgan fingerprint density at radius 2 is 1.72 bits per heavy atom. The Kier molecular flexibility index (Phi) is 4.23. The van der Waals surface area contributed by atoms with Crippen LogP contribution in [0.15, 0.2) is 63.9 Å². The van der Waals surface area contributed by atoms with Gasteiger partial charge in [0.15, 0.2) is 5.60 Å². The Bertz CT molecular complexity index is 1230. The molecule has 2 aromatic carbocycles. The summed E-state index contributed by atoms with van der Waals surface area (Å²) in [5, 5.41) is 12.7. The molecule has 0 atom stereocenters. The second-order valence-corrected chi connectivity index (χ2v) is 7.14. The van der Waals surface area contributed by atoms with Crippen molar-refractivity contribution in [3.8, 4) is 5.75 Å². The summed E-state index contributed by atoms with van der Waals surface area (Å²) >= 11 is 0. The molecule has 1 aliphatic rings. The van der Waals surface area contributed by atoms with E-state index >= 15 is 0 Å². The van der Waals surface area contributed by atoms with E-state index in [0.29, 0.717) is 28.0 Å². The zero-order chi connectivity index (χ0) is 20.8. The minimum absolute atomic E-state index is 0.157. The summed E-state index contributed by atoms with van der Waals surface area (Å²) in [5.74, 6) is -0.865. The molecule has 0 spiro atoms. The van der Waals surface area contributed by atoms with E-state index < -0.39 is 17.2 Å². The third-order valence-corrected chi connectivity index (χ3v) is 4.69. The molecule has 29 heavy (non-hydrogen) atoms. The molecule has 3 aromatic rings. The van der Waals surface area contributed by atoms with Gasteiger partial charge >= 0.3 is 11.6 Å². The van der Waals surface area contributed by atoms with Crippen molar-refractivity contribution < 1.29 is 23.8 Å². The van der Waals surface area contributed by atoms with E-state index in [1.807, 2.05) is 0 Å². The lowest BCUT2D eigenvalue weighted by molar-refractivity contribution is -0.126. The molecule has 0 saturated heterocycles. The summed E-state index contributed by atoms with van der Waals surface area (Å²) in [5.41, 5.74) is 0.106. The van der Waals surface area contributed by atoms with Crippen LogP contribution in [0.1, 0.15) is 29.8 Å². The molecule has 0 saturated carbocycles. The number of ketones is 1. The highest BCUT2D eigenvalue weighted by Crippen LogP contribution is 2.41. The Balaban J connectivity index is 1.84. The number of anilines is 1. The van der Waals surface area contributed by atoms with Crippen LogP contribution in [0.4, 0.5) is 5.69 Å². The van der Waals surface area contributed by atoms with Crippen LogP contribution in [-0.2, 0) is 4.79 Å². The monoisotopic (exact) mass is 391 g/mol. The minimum atomic E-state index is -1.10. The number of hydrogen-bond acceptors (Lipinski definition) is 6. The lowest BCUT2D eigenvalue weighted by Crippen LogP contribution is -2.42. The van der Waals surface area contributed by atoms with Crippen LogP contribution in [-0.4, -0.2) is 22.5 Å². The fourth-order valence-corrected chi connectivity index (χ4v) is 3.22. The Hall–Kier alpha value is -3.87. The van der Waals surface area contributed by atoms with Crippen molar-refractivity contribution in [2.75, 3.05) is 5.32 Å². The largest absolute Gasteiger partial charge is 0.479 e. The number of aromatic carboxylic acids is 1. The summed E-state index contributed by atoms with van der Waals surface area (Å²) < 4.78 is 11.2. The average molecular weight is 391 g/mol. The van der Waals surface area contributed by atoms with Crippen molar-refractivity contribution in [1.82, 2.24) is 0 Å². The molecule has 7 nitrogen and oxygen atoms in total. The van der Waals surface area contributed by atoms with Crippen molar-refractivity contribution in [3.63, 3.8) is 0 Å². The molecule has 0 unspecified atom stereocenters. The normalized spacial score (nSPS) is 16.3. The van der Waals surface area contributed by atoms with E-state index in [-0.39, 0.29) is 16.9 Å². The Labute approximate surface area is 165 Å². The number of fused-ring (bicyclic) bond motifs is 3. The van der Waals surface area contributed by atoms with Crippen molar-refractivity contribution in [2.24, 2.45) is 0 Å². The summed E-state index contributed by atoms with van der Waals surface area (Å²) in [6.45, 7) is 3.33. The van der Waals surface area contributed by atoms with E-state index in [1.165, 1.54) is 24.4 Å². The van der Waals surface area contributed by atoms with Crippen molar-refractivity contribution >= 4 is 34.0 Å². The highest BCUT2D eigenvalue weighted by molar-refractivity contribution is 6.28. The van der Waals surface area contributed by atoms with Gasteiger partial charge in [0.1, 0.15) is 11.3 Å². The zero-order valence-corrected chi connectivity index (χ0v) is 15.7. The number of Topliss-reactive ketones (excluding diaryl/α,β-unsaturated/α-hetero) is 1. The maximum Gasteiger partial charge on any atom is 0.336 e. The van der Waals surface area contributed by atoms with Crippen molar-refractivity contribution in [3.05, 3.63) is 76.3 Å². The van der Waals surface area contributed by atoms with Gasteiger partial charge in [-0.1, -0.05) is 0 Å². The van der Waals surface area contributed by atoms with E-state index in [9.17, 15) is 14.4 Å². The van der Waals surface area contributed by atoms with E-state index in [4.69, 9.17) is 14.3 Å². The fourth-order valence-electron chi connectivity index (χ4n) is 3.22. The van der Waals surface area contributed by atoms with Crippen LogP contribution >= 0.6 is 0 Å². The molecule has 0 fully saturated rings. The highest BCUT2D eigenvalue weighted by atomic mass is 16.5. The molecule has 0 radical (unpaired) electrons. The topological polar surface area (TPSA) is 106 Å². The van der Waals surface area contributed by atoms with Gasteiger partial charge in [-0.05, 0) is 56.3 Å². The number of carboxylic acid groups (broad SMARTS) is 1. The minimum Gasteiger partial charge on any atom is -0.479 e. The number of rotatable bonds is 3. The molecule has 1 aromatic heterocycles. The fraction of sp³-hybridized carbons (Fsp3) is 0.136. The standard InChI is InChI=1S/C22H17NO6/c1-22(2)20(25)15(11-23-14-7-3-13(4-8-14)21(26)27)18-16(29-22)9-5-12-6-10-17(24)28-19(12)18/h3-11,23H,1-2H3,(H,26,27)/b15-11-. The average Bonchev–Trinajstić information content (AvgIpc) is 2.68. The Morgan fingerprint density at radius 1 is 1.03 bits per heavy atom. The number of ether oxygens (including phenoxy) is 1. The van der Waals surface area contributed by atoms with Gasteiger partial charge in [-0.3, -0.25) is 4.79 Å². The molecule has 2 heterocycles. The van der Waals surface area contributed by atoms with Gasteiger partial charge in [0, 0.05) is 23.3 Å². The molecule has 0 amide bonds. The lowest BCUT2D eigenvalue weighted by atomic mass is 9.87. The summed E-state index contributed by atoms with van der Waals surface area (Å²) in [6, 6.07) is 12.6. The maximum atomic E-state index is 13.1. The van der Waals surface area contributed by atoms with Gasteiger partial charge in [0.2, 0.25) is 5.78 Å². The van der Waals surface area contributed by atoms with Crippen LogP contribution in [0.25, 0.3) is 16.5 Å². The smallest absolute Gasteiger partial charge is 0.336 e. The SMILES string of the molecule is CC1(C)Oc2ccc3ccc(=O)oc3c2/C(=C/Nc2ccc(C(=O)O)cc2)C1=O. The molecule has 146 valence electrons. The molecule has 7 heteroatoms. The van der Waals surface area contributed by atoms with Gasteiger partial charge in [-0.25, -0.2) is 9.59 Å². The summed E-state index contributed by atoms with van der Waals surface area (Å²) in [7, 11) is 0. The first kappa shape index (κ1) is 18.5. The first-order valence-corrected chi connectivity index (χ1v) is 8.87. The molecular formula is C22H17NO6. The van der Waals surface area contributed by atoms with Crippen LogP contribution in [0.5, 0.6) is 5.75 Å². The summed E-state index contributed by atoms with van der Waals surface area (Å²) in [6.07, 6.45) is 1.52. The molecule has 0 aliphatic carbocycles. The van der Waals surface area contributed by atoms with E-state index in [0.717, 1.165) is 0 Å². The zero-order valence-electron chi connectivity index (χ0n) is 15.7. The number of carboxylic acids is 1. The van der Waals surface area contributed by atoms with Crippen LogP contribution in [0, 0.1) is 0 Å². The number of hydrogen-bond donors (Lipinski definition) is 2. The number of carbonyl (C=O) groups excluding carboxylic acids is 1. The predicted octanol–water partition coefficient (Wildman–Crippen LogP) is 3.68. The van der Waals surface area contributed by atoms with Crippen LogP contribution in [0.2, 0.25) is 0 Å². The first-order valence-electron chi connectivity index (χ1n) is 8.87. The van der Waals surface area contributed by atoms with Gasteiger partial charge in [0.25, 0.3) is 0 Å². The van der Waals surface area contributed by atoms with Crippen molar-refractivity contribution in [1.29, 1.82) is 0 Å². The van der Waals surface area contributed by atoms with Crippen LogP contribution in [0.3, 0.4) is 0 Å². The van der Waals surface area contributed by atoms with Gasteiger partial charge in [0.05, 0.1) is 16.7 Å². The second kappa shape index (κ2) is 6.63. The van der Waals surface area contributed by atoms with E-state index in [1.54, 1.807) is 44.2 Å². The van der Waals surface area contributed by atoms with Gasteiger partial charge in [-0.2, -0.15) is 0 Å². The lowest BCUT2D eigenvalue weighted by Gasteiger charge is -2.32. The molecule has 2 N–H and O–H groups in total. The summed E-state index contributed by atoms with van der Waals surface area (Å²) in [4.78, 5) is 35.8. The quantitative estimate of drug-likeness (QED) is 0.518.